The van der Waals surface area contributed by atoms with Gasteiger partial charge in [0.2, 0.25) is 0 Å². The maximum Gasteiger partial charge on any atom is 0.116 e. The SMILES string of the molecule is FCc1ccc(Cl)c(CF)c1. The van der Waals surface area contributed by atoms with E-state index in [1.807, 2.05) is 0 Å². The first kappa shape index (κ1) is 8.47. The molecule has 60 valence electrons. The van der Waals surface area contributed by atoms with E-state index in [-0.39, 0.29) is 0 Å². The van der Waals surface area contributed by atoms with Crippen molar-refractivity contribution in [2.24, 2.45) is 0 Å². The molecular weight excluding hydrogens is 170 g/mol. The molecule has 0 heterocycles. The highest BCUT2D eigenvalue weighted by molar-refractivity contribution is 6.31. The van der Waals surface area contributed by atoms with Gasteiger partial charge in [0.15, 0.2) is 0 Å². The monoisotopic (exact) mass is 176 g/mol. The van der Waals surface area contributed by atoms with Gasteiger partial charge in [-0.15, -0.1) is 0 Å². The minimum atomic E-state index is -0.646. The summed E-state index contributed by atoms with van der Waals surface area (Å²) in [4.78, 5) is 0. The van der Waals surface area contributed by atoms with Crippen LogP contribution in [0.25, 0.3) is 0 Å². The number of halogens is 3. The van der Waals surface area contributed by atoms with Crippen LogP contribution in [-0.2, 0) is 13.3 Å². The van der Waals surface area contributed by atoms with Gasteiger partial charge in [0.05, 0.1) is 0 Å². The number of benzene rings is 1. The molecule has 0 spiro atoms. The van der Waals surface area contributed by atoms with Crippen LogP contribution in [0.4, 0.5) is 8.78 Å². The Kier molecular flexibility index (Phi) is 2.83. The molecular formula is C8H7ClF2. The standard InChI is InChI=1S/C8H7ClF2/c9-8-2-1-6(4-10)3-7(8)5-11/h1-3H,4-5H2. The molecule has 0 aliphatic rings. The van der Waals surface area contributed by atoms with Gasteiger partial charge in [-0.2, -0.15) is 0 Å². The number of rotatable bonds is 2. The lowest BCUT2D eigenvalue weighted by Crippen LogP contribution is -1.84. The maximum atomic E-state index is 12.1. The van der Waals surface area contributed by atoms with Gasteiger partial charge in [-0.05, 0) is 17.7 Å². The lowest BCUT2D eigenvalue weighted by Gasteiger charge is -2.00. The van der Waals surface area contributed by atoms with Crippen molar-refractivity contribution in [3.05, 3.63) is 34.3 Å². The molecule has 1 aromatic carbocycles. The van der Waals surface area contributed by atoms with Gasteiger partial charge in [-0.3, -0.25) is 0 Å². The summed E-state index contributed by atoms with van der Waals surface area (Å²) in [7, 11) is 0. The second kappa shape index (κ2) is 3.67. The third-order valence-electron chi connectivity index (χ3n) is 1.41. The van der Waals surface area contributed by atoms with Crippen LogP contribution < -0.4 is 0 Å². The summed E-state index contributed by atoms with van der Waals surface area (Å²) in [6.45, 7) is -1.23. The molecule has 0 aliphatic carbocycles. The highest BCUT2D eigenvalue weighted by Gasteiger charge is 2.00. The normalized spacial score (nSPS) is 10.1. The zero-order valence-corrected chi connectivity index (χ0v) is 6.54. The van der Waals surface area contributed by atoms with Crippen LogP contribution in [-0.4, -0.2) is 0 Å². The average molecular weight is 177 g/mol. The molecule has 0 saturated carbocycles. The Balaban J connectivity index is 3.02. The second-order valence-corrected chi connectivity index (χ2v) is 2.60. The van der Waals surface area contributed by atoms with Crippen molar-refractivity contribution in [2.45, 2.75) is 13.3 Å². The van der Waals surface area contributed by atoms with Gasteiger partial charge < -0.3 is 0 Å². The zero-order valence-electron chi connectivity index (χ0n) is 5.78. The molecule has 3 heteroatoms. The Hall–Kier alpha value is -0.630. The average Bonchev–Trinajstić information content (AvgIpc) is 2.05. The highest BCUT2D eigenvalue weighted by Crippen LogP contribution is 2.18. The molecule has 0 aliphatic heterocycles. The maximum absolute atomic E-state index is 12.1. The van der Waals surface area contributed by atoms with Crippen molar-refractivity contribution in [3.63, 3.8) is 0 Å². The molecule has 1 aromatic rings. The van der Waals surface area contributed by atoms with Crippen LogP contribution in [0.3, 0.4) is 0 Å². The van der Waals surface area contributed by atoms with E-state index in [0.29, 0.717) is 16.1 Å². The van der Waals surface area contributed by atoms with Crippen LogP contribution in [0.5, 0.6) is 0 Å². The molecule has 0 amide bonds. The van der Waals surface area contributed by atoms with E-state index >= 15 is 0 Å². The van der Waals surface area contributed by atoms with E-state index in [1.54, 1.807) is 6.07 Å². The van der Waals surface area contributed by atoms with E-state index in [4.69, 9.17) is 11.6 Å². The molecule has 0 atom stereocenters. The predicted molar refractivity (Wildman–Crippen MR) is 41.1 cm³/mol. The molecule has 0 N–H and O–H groups in total. The molecule has 0 bridgehead atoms. The fourth-order valence-corrected chi connectivity index (χ4v) is 0.982. The number of alkyl halides is 2. The van der Waals surface area contributed by atoms with Crippen LogP contribution in [0.2, 0.25) is 5.02 Å². The quantitative estimate of drug-likeness (QED) is 0.649. The molecule has 0 aromatic heterocycles. The Morgan fingerprint density at radius 1 is 1.18 bits per heavy atom. The van der Waals surface area contributed by atoms with E-state index in [0.717, 1.165) is 0 Å². The molecule has 0 nitrogen and oxygen atoms in total. The summed E-state index contributed by atoms with van der Waals surface area (Å²) in [5.41, 5.74) is 0.809. The smallest absolute Gasteiger partial charge is 0.116 e. The van der Waals surface area contributed by atoms with Crippen LogP contribution in [0.1, 0.15) is 11.1 Å². The predicted octanol–water partition coefficient (Wildman–Crippen LogP) is 3.28. The summed E-state index contributed by atoms with van der Waals surface area (Å²) in [5.74, 6) is 0. The van der Waals surface area contributed by atoms with Gasteiger partial charge in [0, 0.05) is 10.6 Å². The first-order valence-electron chi connectivity index (χ1n) is 3.17. The minimum absolute atomic E-state index is 0.349. The van der Waals surface area contributed by atoms with Crippen molar-refractivity contribution in [2.75, 3.05) is 0 Å². The van der Waals surface area contributed by atoms with E-state index < -0.39 is 13.3 Å². The fraction of sp³-hybridized carbons (Fsp3) is 0.250. The molecule has 0 radical (unpaired) electrons. The van der Waals surface area contributed by atoms with E-state index in [9.17, 15) is 8.78 Å². The van der Waals surface area contributed by atoms with Crippen molar-refractivity contribution in [3.8, 4) is 0 Å². The molecule has 11 heavy (non-hydrogen) atoms. The Labute approximate surface area is 68.8 Å². The Bertz CT molecular complexity index is 248. The summed E-state index contributed by atoms with van der Waals surface area (Å²) >= 11 is 5.59. The molecule has 0 saturated heterocycles. The molecule has 1 rings (SSSR count). The molecule has 0 fully saturated rings. The summed E-state index contributed by atoms with van der Waals surface area (Å²) in [6, 6.07) is 4.48. The van der Waals surface area contributed by atoms with Gasteiger partial charge in [-0.1, -0.05) is 17.7 Å². The van der Waals surface area contributed by atoms with Crippen LogP contribution in [0, 0.1) is 0 Å². The minimum Gasteiger partial charge on any atom is -0.246 e. The van der Waals surface area contributed by atoms with Crippen LogP contribution >= 0.6 is 11.6 Å². The summed E-state index contributed by atoms with van der Waals surface area (Å²) in [6.07, 6.45) is 0. The van der Waals surface area contributed by atoms with Crippen molar-refractivity contribution in [1.29, 1.82) is 0 Å². The Morgan fingerprint density at radius 2 is 1.91 bits per heavy atom. The van der Waals surface area contributed by atoms with Gasteiger partial charge in [0.1, 0.15) is 13.3 Å². The van der Waals surface area contributed by atoms with E-state index in [2.05, 4.69) is 0 Å². The van der Waals surface area contributed by atoms with Crippen molar-refractivity contribution >= 4 is 11.6 Å². The first-order chi connectivity index (χ1) is 5.27. The largest absolute Gasteiger partial charge is 0.246 e. The first-order valence-corrected chi connectivity index (χ1v) is 3.55. The molecule has 0 unspecified atom stereocenters. The lowest BCUT2D eigenvalue weighted by molar-refractivity contribution is 0.475. The van der Waals surface area contributed by atoms with Crippen molar-refractivity contribution in [1.82, 2.24) is 0 Å². The van der Waals surface area contributed by atoms with E-state index in [1.165, 1.54) is 12.1 Å². The van der Waals surface area contributed by atoms with Gasteiger partial charge in [0.25, 0.3) is 0 Å². The van der Waals surface area contributed by atoms with Gasteiger partial charge in [-0.25, -0.2) is 8.78 Å². The third-order valence-corrected chi connectivity index (χ3v) is 1.78. The summed E-state index contributed by atoms with van der Waals surface area (Å²) in [5, 5.41) is 0.352. The fourth-order valence-electron chi connectivity index (χ4n) is 0.814. The summed E-state index contributed by atoms with van der Waals surface area (Å²) < 4.78 is 24.1. The van der Waals surface area contributed by atoms with Crippen molar-refractivity contribution < 1.29 is 8.78 Å². The Morgan fingerprint density at radius 3 is 2.45 bits per heavy atom. The number of hydrogen-bond donors (Lipinski definition) is 0. The number of hydrogen-bond acceptors (Lipinski definition) is 0. The topological polar surface area (TPSA) is 0 Å². The lowest BCUT2D eigenvalue weighted by atomic mass is 10.1. The highest BCUT2D eigenvalue weighted by atomic mass is 35.5. The second-order valence-electron chi connectivity index (χ2n) is 2.19. The van der Waals surface area contributed by atoms with Gasteiger partial charge >= 0.3 is 0 Å². The third kappa shape index (κ3) is 1.90. The zero-order chi connectivity index (χ0) is 8.27. The van der Waals surface area contributed by atoms with Crippen LogP contribution in [0.15, 0.2) is 18.2 Å².